The van der Waals surface area contributed by atoms with E-state index in [1.807, 2.05) is 66.7 Å². The molecule has 1 heterocycles. The number of carbonyl (C=O) groups excluding carboxylic acids is 1. The molecule has 2 aliphatic rings. The summed E-state index contributed by atoms with van der Waals surface area (Å²) in [4.78, 5) is 13.7. The molecule has 1 fully saturated rings. The molecular formula is C32H30Cl2N2O3. The van der Waals surface area contributed by atoms with Crippen LogP contribution in [0.25, 0.3) is 12.2 Å². The smallest absolute Gasteiger partial charge is 0.267 e. The molecule has 0 spiro atoms. The van der Waals surface area contributed by atoms with E-state index in [4.69, 9.17) is 37.8 Å². The van der Waals surface area contributed by atoms with Gasteiger partial charge in [0.2, 0.25) is 0 Å². The molecular weight excluding hydrogens is 531 g/mol. The molecule has 3 aromatic carbocycles. The van der Waals surface area contributed by atoms with Crippen LogP contribution in [-0.4, -0.2) is 30.8 Å². The number of carbonyl (C=O) groups is 1. The van der Waals surface area contributed by atoms with Gasteiger partial charge in [-0.1, -0.05) is 60.5 Å². The minimum absolute atomic E-state index is 0.0758. The second-order valence-electron chi connectivity index (χ2n) is 9.98. The number of amides is 1. The number of rotatable bonds is 6. The van der Waals surface area contributed by atoms with Crippen LogP contribution >= 0.6 is 23.2 Å². The number of halogens is 2. The fourth-order valence-electron chi connectivity index (χ4n) is 5.43. The molecule has 0 N–H and O–H groups in total. The third kappa shape index (κ3) is 5.90. The van der Waals surface area contributed by atoms with E-state index in [-0.39, 0.29) is 17.9 Å². The third-order valence-electron chi connectivity index (χ3n) is 7.24. The van der Waals surface area contributed by atoms with E-state index in [0.717, 1.165) is 40.8 Å². The lowest BCUT2D eigenvalue weighted by Gasteiger charge is -2.32. The maximum Gasteiger partial charge on any atom is 0.267 e. The third-order valence-corrected chi connectivity index (χ3v) is 7.74. The van der Waals surface area contributed by atoms with Gasteiger partial charge in [-0.3, -0.25) is 4.79 Å². The van der Waals surface area contributed by atoms with E-state index in [0.29, 0.717) is 27.5 Å². The van der Waals surface area contributed by atoms with E-state index in [2.05, 4.69) is 13.0 Å². The first kappa shape index (κ1) is 27.0. The zero-order valence-corrected chi connectivity index (χ0v) is 23.6. The van der Waals surface area contributed by atoms with Gasteiger partial charge < -0.3 is 9.47 Å². The summed E-state index contributed by atoms with van der Waals surface area (Å²) >= 11 is 12.3. The highest BCUT2D eigenvalue weighted by molar-refractivity contribution is 6.30. The molecule has 1 aliphatic carbocycles. The molecule has 3 aromatic rings. The summed E-state index contributed by atoms with van der Waals surface area (Å²) in [5.74, 6) is 1.56. The van der Waals surface area contributed by atoms with Crippen LogP contribution < -0.4 is 9.47 Å². The summed E-state index contributed by atoms with van der Waals surface area (Å²) in [5, 5.41) is 7.96. The van der Waals surface area contributed by atoms with Crippen molar-refractivity contribution in [3.63, 3.8) is 0 Å². The van der Waals surface area contributed by atoms with Crippen molar-refractivity contribution in [2.24, 2.45) is 16.9 Å². The Morgan fingerprint density at radius 1 is 0.923 bits per heavy atom. The second-order valence-corrected chi connectivity index (χ2v) is 10.9. The van der Waals surface area contributed by atoms with Gasteiger partial charge in [-0.25, -0.2) is 5.01 Å². The quantitative estimate of drug-likeness (QED) is 0.286. The first-order valence-electron chi connectivity index (χ1n) is 12.9. The van der Waals surface area contributed by atoms with Crippen molar-refractivity contribution in [1.29, 1.82) is 0 Å². The SMILES string of the molecule is COc1ccc(/C=C\C(=O)N2N=C3/C(=C\c4ccc(Cl)cc4)C[C@H](C)C[C@@H]3[C@@H]2c2ccc(Cl)cc2)cc1OC. The average molecular weight is 562 g/mol. The summed E-state index contributed by atoms with van der Waals surface area (Å²) < 4.78 is 10.7. The largest absolute Gasteiger partial charge is 0.493 e. The molecule has 1 saturated carbocycles. The summed E-state index contributed by atoms with van der Waals surface area (Å²) in [6.45, 7) is 2.26. The summed E-state index contributed by atoms with van der Waals surface area (Å²) in [6.07, 6.45) is 7.35. The summed E-state index contributed by atoms with van der Waals surface area (Å²) in [7, 11) is 3.18. The molecule has 200 valence electrons. The van der Waals surface area contributed by atoms with E-state index in [1.54, 1.807) is 31.4 Å². The molecule has 7 heteroatoms. The first-order chi connectivity index (χ1) is 18.9. The predicted octanol–water partition coefficient (Wildman–Crippen LogP) is 8.09. The van der Waals surface area contributed by atoms with Crippen LogP contribution in [0.15, 0.2) is 83.5 Å². The Kier molecular flexibility index (Phi) is 8.10. The highest BCUT2D eigenvalue weighted by Crippen LogP contribution is 2.46. The van der Waals surface area contributed by atoms with Crippen LogP contribution in [0.3, 0.4) is 0 Å². The number of allylic oxidation sites excluding steroid dienone is 1. The molecule has 39 heavy (non-hydrogen) atoms. The van der Waals surface area contributed by atoms with Crippen LogP contribution in [-0.2, 0) is 4.79 Å². The molecule has 0 aromatic heterocycles. The zero-order valence-electron chi connectivity index (χ0n) is 22.1. The van der Waals surface area contributed by atoms with Gasteiger partial charge >= 0.3 is 0 Å². The number of benzene rings is 3. The Hall–Kier alpha value is -3.54. The maximum atomic E-state index is 13.7. The van der Waals surface area contributed by atoms with E-state index in [1.165, 1.54) is 0 Å². The molecule has 0 bridgehead atoms. The van der Waals surface area contributed by atoms with Crippen molar-refractivity contribution < 1.29 is 14.3 Å². The number of hydrazone groups is 1. The standard InChI is InChI=1S/C32H30Cl2N2O3/c1-20-16-24(18-21-4-10-25(33)11-5-21)31-27(17-20)32(23-8-12-26(34)13-9-23)36(35-31)30(37)15-7-22-6-14-28(38-2)29(19-22)39-3/h4-15,18-20,27,32H,16-17H2,1-3H3/b15-7-,24-18-/t20-,27-,32-/m0/s1. The van der Waals surface area contributed by atoms with Crippen LogP contribution in [0.5, 0.6) is 11.5 Å². The predicted molar refractivity (Wildman–Crippen MR) is 158 cm³/mol. The Balaban J connectivity index is 1.51. The number of ether oxygens (including phenoxy) is 2. The van der Waals surface area contributed by atoms with Gasteiger partial charge in [0.25, 0.3) is 5.91 Å². The number of hydrogen-bond acceptors (Lipinski definition) is 4. The Morgan fingerprint density at radius 2 is 1.56 bits per heavy atom. The lowest BCUT2D eigenvalue weighted by molar-refractivity contribution is -0.128. The van der Waals surface area contributed by atoms with Gasteiger partial charge in [0.15, 0.2) is 11.5 Å². The number of nitrogens with zero attached hydrogens (tertiary/aromatic N) is 2. The van der Waals surface area contributed by atoms with Crippen LogP contribution in [0.4, 0.5) is 0 Å². The first-order valence-corrected chi connectivity index (χ1v) is 13.7. The summed E-state index contributed by atoms with van der Waals surface area (Å²) in [6, 6.07) is 20.8. The minimum Gasteiger partial charge on any atom is -0.493 e. The number of fused-ring (bicyclic) bond motifs is 1. The monoisotopic (exact) mass is 560 g/mol. The second kappa shape index (κ2) is 11.7. The number of hydrogen-bond donors (Lipinski definition) is 0. The molecule has 3 atom stereocenters. The molecule has 0 radical (unpaired) electrons. The fourth-order valence-corrected chi connectivity index (χ4v) is 5.68. The van der Waals surface area contributed by atoms with E-state index >= 15 is 0 Å². The zero-order chi connectivity index (χ0) is 27.5. The Labute approximate surface area is 239 Å². The van der Waals surface area contributed by atoms with E-state index in [9.17, 15) is 4.79 Å². The van der Waals surface area contributed by atoms with Gasteiger partial charge in [0.1, 0.15) is 0 Å². The molecule has 0 unspecified atom stereocenters. The topological polar surface area (TPSA) is 51.1 Å². The highest BCUT2D eigenvalue weighted by Gasteiger charge is 2.44. The molecule has 5 nitrogen and oxygen atoms in total. The molecule has 1 amide bonds. The lowest BCUT2D eigenvalue weighted by atomic mass is 9.73. The highest BCUT2D eigenvalue weighted by atomic mass is 35.5. The summed E-state index contributed by atoms with van der Waals surface area (Å²) in [5.41, 5.74) is 5.02. The van der Waals surface area contributed by atoms with Crippen molar-refractivity contribution >= 4 is 47.0 Å². The van der Waals surface area contributed by atoms with Crippen molar-refractivity contribution in [3.8, 4) is 11.5 Å². The Bertz CT molecular complexity index is 1450. The van der Waals surface area contributed by atoms with Gasteiger partial charge in [0.05, 0.1) is 26.0 Å². The van der Waals surface area contributed by atoms with E-state index < -0.39 is 0 Å². The average Bonchev–Trinajstić information content (AvgIpc) is 3.32. The van der Waals surface area contributed by atoms with Gasteiger partial charge in [0, 0.05) is 22.0 Å². The van der Waals surface area contributed by atoms with Crippen LogP contribution in [0.1, 0.15) is 42.5 Å². The van der Waals surface area contributed by atoms with Crippen LogP contribution in [0.2, 0.25) is 10.0 Å². The van der Waals surface area contributed by atoms with Crippen LogP contribution in [0, 0.1) is 11.8 Å². The Morgan fingerprint density at radius 3 is 2.23 bits per heavy atom. The maximum absolute atomic E-state index is 13.7. The van der Waals surface area contributed by atoms with Crippen molar-refractivity contribution in [3.05, 3.63) is 105 Å². The fraction of sp³-hybridized carbons (Fsp3) is 0.250. The normalized spacial score (nSPS) is 21.7. The molecule has 0 saturated heterocycles. The molecule has 5 rings (SSSR count). The van der Waals surface area contributed by atoms with Gasteiger partial charge in [-0.15, -0.1) is 0 Å². The lowest BCUT2D eigenvalue weighted by Crippen LogP contribution is -2.32. The van der Waals surface area contributed by atoms with Gasteiger partial charge in [-0.05, 0) is 89.6 Å². The minimum atomic E-state index is -0.226. The molecule has 1 aliphatic heterocycles. The number of methoxy groups -OCH3 is 2. The van der Waals surface area contributed by atoms with Crippen molar-refractivity contribution in [2.75, 3.05) is 14.2 Å². The van der Waals surface area contributed by atoms with Crippen molar-refractivity contribution in [2.45, 2.75) is 25.8 Å². The van der Waals surface area contributed by atoms with Crippen molar-refractivity contribution in [1.82, 2.24) is 5.01 Å². The van der Waals surface area contributed by atoms with Gasteiger partial charge in [-0.2, -0.15) is 5.10 Å².